The maximum Gasteiger partial charge on any atom is 0.123 e. The number of hydrogen-bond acceptors (Lipinski definition) is 2. The molecule has 0 aliphatic carbocycles. The molecule has 0 aliphatic rings. The van der Waals surface area contributed by atoms with Crippen molar-refractivity contribution < 1.29 is 14.2 Å². The number of benzene rings is 2. The van der Waals surface area contributed by atoms with Gasteiger partial charge in [-0.05, 0) is 47.9 Å². The van der Waals surface area contributed by atoms with Gasteiger partial charge in [-0.3, -0.25) is 0 Å². The zero-order valence-corrected chi connectivity index (χ0v) is 12.7. The minimum Gasteiger partial charge on any atom is -0.497 e. The van der Waals surface area contributed by atoms with E-state index in [0.29, 0.717) is 6.42 Å². The molecule has 0 saturated carbocycles. The maximum atomic E-state index is 13.0. The quantitative estimate of drug-likeness (QED) is 0.895. The molecule has 1 unspecified atom stereocenters. The second-order valence-electron chi connectivity index (χ2n) is 4.59. The third-order valence-electron chi connectivity index (χ3n) is 3.28. The highest BCUT2D eigenvalue weighted by Gasteiger charge is 2.14. The molecule has 2 rings (SSSR count). The van der Waals surface area contributed by atoms with Crippen molar-refractivity contribution in [2.75, 3.05) is 13.7 Å². The van der Waals surface area contributed by atoms with E-state index in [9.17, 15) is 9.50 Å². The summed E-state index contributed by atoms with van der Waals surface area (Å²) < 4.78 is 19.1. The second-order valence-corrected chi connectivity index (χ2v) is 5.45. The summed E-state index contributed by atoms with van der Waals surface area (Å²) in [7, 11) is 1.62. The van der Waals surface area contributed by atoms with E-state index in [-0.39, 0.29) is 18.3 Å². The van der Waals surface area contributed by atoms with Crippen molar-refractivity contribution >= 4 is 15.9 Å². The summed E-state index contributed by atoms with van der Waals surface area (Å²) >= 11 is 3.50. The average Bonchev–Trinajstić information content (AvgIpc) is 2.47. The van der Waals surface area contributed by atoms with Crippen LogP contribution in [-0.2, 0) is 6.42 Å². The summed E-state index contributed by atoms with van der Waals surface area (Å²) in [5.41, 5.74) is 1.97. The smallest absolute Gasteiger partial charge is 0.123 e. The van der Waals surface area contributed by atoms with Crippen LogP contribution in [0.1, 0.15) is 17.0 Å². The first-order chi connectivity index (χ1) is 9.63. The highest BCUT2D eigenvalue weighted by molar-refractivity contribution is 9.10. The van der Waals surface area contributed by atoms with E-state index in [1.54, 1.807) is 19.2 Å². The first-order valence-corrected chi connectivity index (χ1v) is 7.12. The number of halogens is 2. The summed E-state index contributed by atoms with van der Waals surface area (Å²) in [5.74, 6) is 0.436. The Balaban J connectivity index is 2.23. The van der Waals surface area contributed by atoms with Gasteiger partial charge in [0.2, 0.25) is 0 Å². The summed E-state index contributed by atoms with van der Waals surface area (Å²) in [6, 6.07) is 12.0. The molecule has 1 N–H and O–H groups in total. The van der Waals surface area contributed by atoms with Crippen molar-refractivity contribution in [1.29, 1.82) is 0 Å². The monoisotopic (exact) mass is 338 g/mol. The number of methoxy groups -OCH3 is 1. The molecule has 4 heteroatoms. The minimum absolute atomic E-state index is 0.00921. The number of hydrogen-bond donors (Lipinski definition) is 1. The number of ether oxygens (including phenoxy) is 1. The van der Waals surface area contributed by atoms with Crippen molar-refractivity contribution in [3.63, 3.8) is 0 Å². The van der Waals surface area contributed by atoms with Crippen LogP contribution in [0.3, 0.4) is 0 Å². The van der Waals surface area contributed by atoms with Gasteiger partial charge in [0, 0.05) is 10.4 Å². The Labute approximate surface area is 126 Å². The molecule has 0 amide bonds. The van der Waals surface area contributed by atoms with Gasteiger partial charge >= 0.3 is 0 Å². The third kappa shape index (κ3) is 3.58. The summed E-state index contributed by atoms with van der Waals surface area (Å²) in [6.45, 7) is 0.00921. The van der Waals surface area contributed by atoms with Crippen LogP contribution in [0.2, 0.25) is 0 Å². The van der Waals surface area contributed by atoms with Gasteiger partial charge in [-0.2, -0.15) is 0 Å². The Morgan fingerprint density at radius 3 is 2.50 bits per heavy atom. The fourth-order valence-corrected chi connectivity index (χ4v) is 2.53. The molecule has 0 bridgehead atoms. The molecular weight excluding hydrogens is 323 g/mol. The van der Waals surface area contributed by atoms with E-state index >= 15 is 0 Å². The van der Waals surface area contributed by atoms with E-state index in [1.807, 2.05) is 18.2 Å². The van der Waals surface area contributed by atoms with Crippen molar-refractivity contribution in [3.05, 3.63) is 63.9 Å². The maximum absolute atomic E-state index is 13.0. The molecule has 2 aromatic rings. The second kappa shape index (κ2) is 6.86. The van der Waals surface area contributed by atoms with E-state index in [2.05, 4.69) is 15.9 Å². The lowest BCUT2D eigenvalue weighted by atomic mass is 9.92. The first-order valence-electron chi connectivity index (χ1n) is 6.32. The standard InChI is InChI=1S/C16H16BrFO2/c1-20-15-6-7-16(17)12(9-15)8-13(10-19)11-2-4-14(18)5-3-11/h2-7,9,13,19H,8,10H2,1H3. The van der Waals surface area contributed by atoms with Gasteiger partial charge in [-0.1, -0.05) is 28.1 Å². The molecule has 0 heterocycles. The molecule has 0 aromatic heterocycles. The zero-order valence-electron chi connectivity index (χ0n) is 11.1. The van der Waals surface area contributed by atoms with Gasteiger partial charge in [-0.15, -0.1) is 0 Å². The Hall–Kier alpha value is -1.39. The molecule has 20 heavy (non-hydrogen) atoms. The topological polar surface area (TPSA) is 29.5 Å². The predicted molar refractivity (Wildman–Crippen MR) is 80.6 cm³/mol. The lowest BCUT2D eigenvalue weighted by molar-refractivity contribution is 0.264. The average molecular weight is 339 g/mol. The van der Waals surface area contributed by atoms with E-state index < -0.39 is 0 Å². The number of rotatable bonds is 5. The molecular formula is C16H16BrFO2. The van der Waals surface area contributed by atoms with Crippen LogP contribution in [0.15, 0.2) is 46.9 Å². The fourth-order valence-electron chi connectivity index (χ4n) is 2.12. The van der Waals surface area contributed by atoms with E-state index in [0.717, 1.165) is 21.3 Å². The van der Waals surface area contributed by atoms with Gasteiger partial charge < -0.3 is 9.84 Å². The summed E-state index contributed by atoms with van der Waals surface area (Å²) in [4.78, 5) is 0. The Morgan fingerprint density at radius 2 is 1.90 bits per heavy atom. The molecule has 0 spiro atoms. The molecule has 2 aromatic carbocycles. The van der Waals surface area contributed by atoms with Gasteiger partial charge in [0.25, 0.3) is 0 Å². The van der Waals surface area contributed by atoms with Crippen molar-refractivity contribution in [3.8, 4) is 5.75 Å². The highest BCUT2D eigenvalue weighted by atomic mass is 79.9. The lowest BCUT2D eigenvalue weighted by Crippen LogP contribution is -2.08. The normalized spacial score (nSPS) is 12.2. The van der Waals surface area contributed by atoms with Crippen LogP contribution in [0.25, 0.3) is 0 Å². The third-order valence-corrected chi connectivity index (χ3v) is 4.05. The molecule has 0 radical (unpaired) electrons. The van der Waals surface area contributed by atoms with Crippen LogP contribution >= 0.6 is 15.9 Å². The number of aliphatic hydroxyl groups is 1. The summed E-state index contributed by atoms with van der Waals surface area (Å²) in [5, 5.41) is 9.59. The Bertz CT molecular complexity index is 569. The molecule has 2 nitrogen and oxygen atoms in total. The van der Waals surface area contributed by atoms with Gasteiger partial charge in [0.15, 0.2) is 0 Å². The first kappa shape index (κ1) is 15.0. The summed E-state index contributed by atoms with van der Waals surface area (Å²) in [6.07, 6.45) is 0.653. The minimum atomic E-state index is -0.270. The Kier molecular flexibility index (Phi) is 5.15. The molecule has 0 aliphatic heterocycles. The van der Waals surface area contributed by atoms with Gasteiger partial charge in [-0.25, -0.2) is 4.39 Å². The fraction of sp³-hybridized carbons (Fsp3) is 0.250. The van der Waals surface area contributed by atoms with Crippen LogP contribution in [0, 0.1) is 5.82 Å². The van der Waals surface area contributed by atoms with Crippen molar-refractivity contribution in [2.45, 2.75) is 12.3 Å². The van der Waals surface area contributed by atoms with E-state index in [4.69, 9.17) is 4.74 Å². The molecule has 1 atom stereocenters. The van der Waals surface area contributed by atoms with Crippen molar-refractivity contribution in [2.24, 2.45) is 0 Å². The zero-order chi connectivity index (χ0) is 14.5. The predicted octanol–water partition coefficient (Wildman–Crippen LogP) is 3.92. The number of aliphatic hydroxyl groups excluding tert-OH is 1. The SMILES string of the molecule is COc1ccc(Br)c(CC(CO)c2ccc(F)cc2)c1. The van der Waals surface area contributed by atoms with Crippen LogP contribution < -0.4 is 4.74 Å². The van der Waals surface area contributed by atoms with Gasteiger partial charge in [0.05, 0.1) is 13.7 Å². The van der Waals surface area contributed by atoms with Gasteiger partial charge in [0.1, 0.15) is 11.6 Å². The van der Waals surface area contributed by atoms with E-state index in [1.165, 1.54) is 12.1 Å². The van der Waals surface area contributed by atoms with Crippen LogP contribution in [0.5, 0.6) is 5.75 Å². The molecule has 0 fully saturated rings. The Morgan fingerprint density at radius 1 is 1.20 bits per heavy atom. The molecule has 0 saturated heterocycles. The lowest BCUT2D eigenvalue weighted by Gasteiger charge is -2.16. The highest BCUT2D eigenvalue weighted by Crippen LogP contribution is 2.28. The van der Waals surface area contributed by atoms with Crippen LogP contribution in [-0.4, -0.2) is 18.8 Å². The van der Waals surface area contributed by atoms with Crippen LogP contribution in [0.4, 0.5) is 4.39 Å². The largest absolute Gasteiger partial charge is 0.497 e. The molecule has 106 valence electrons. The van der Waals surface area contributed by atoms with Crippen molar-refractivity contribution in [1.82, 2.24) is 0 Å².